The summed E-state index contributed by atoms with van der Waals surface area (Å²) in [5, 5.41) is 0. The van der Waals surface area contributed by atoms with Crippen molar-refractivity contribution in [2.75, 3.05) is 78.5 Å². The summed E-state index contributed by atoms with van der Waals surface area (Å²) in [6, 6.07) is 0. The van der Waals surface area contributed by atoms with Crippen molar-refractivity contribution in [2.45, 2.75) is 0 Å². The third-order valence-corrected chi connectivity index (χ3v) is 6.02. The van der Waals surface area contributed by atoms with Crippen molar-refractivity contribution in [3.05, 3.63) is 0 Å². The summed E-state index contributed by atoms with van der Waals surface area (Å²) in [5.74, 6) is 0. The highest BCUT2D eigenvalue weighted by atomic mass is 32.1. The molecule has 8 N–H and O–H groups in total. The standard InChI is InChI=1S/2C6H12N2.2C2H4N2S2/c2*1-2-8-5-3-7(1)4-6-8;2*3-1(5)2(4)6/h2*1-6H2;2*(H2,3,5)(H2,4,6). The Hall–Kier alpha value is -0.600. The fourth-order valence-corrected chi connectivity index (χ4v) is 3.04. The summed E-state index contributed by atoms with van der Waals surface area (Å²) < 4.78 is 0. The molecular formula is C16H32N8S4. The van der Waals surface area contributed by atoms with Crippen LogP contribution in [0.5, 0.6) is 0 Å². The molecule has 8 nitrogen and oxygen atoms in total. The first kappa shape index (κ1) is 25.4. The van der Waals surface area contributed by atoms with Crippen molar-refractivity contribution in [3.63, 3.8) is 0 Å². The molecule has 0 aliphatic carbocycles. The molecule has 6 rings (SSSR count). The second kappa shape index (κ2) is 13.6. The highest BCUT2D eigenvalue weighted by Gasteiger charge is 2.22. The molecule has 4 bridgehead atoms. The van der Waals surface area contributed by atoms with Crippen molar-refractivity contribution >= 4 is 68.8 Å². The summed E-state index contributed by atoms with van der Waals surface area (Å²) in [7, 11) is 0. The van der Waals surface area contributed by atoms with Crippen LogP contribution in [0.3, 0.4) is 0 Å². The van der Waals surface area contributed by atoms with Crippen LogP contribution in [0.1, 0.15) is 0 Å². The number of thiocarbonyl (C=S) groups is 4. The first-order valence-corrected chi connectivity index (χ1v) is 10.9. The Labute approximate surface area is 189 Å². The molecule has 0 saturated carbocycles. The fourth-order valence-electron chi connectivity index (χ4n) is 3.04. The van der Waals surface area contributed by atoms with Crippen LogP contribution in [0.15, 0.2) is 0 Å². The summed E-state index contributed by atoms with van der Waals surface area (Å²) in [6.45, 7) is 15.8. The number of hydrogen-bond donors (Lipinski definition) is 4. The van der Waals surface area contributed by atoms with Crippen LogP contribution in [0.25, 0.3) is 0 Å². The number of nitrogens with zero attached hydrogens (tertiary/aromatic N) is 4. The van der Waals surface area contributed by atoms with E-state index in [1.807, 2.05) is 0 Å². The molecule has 0 spiro atoms. The molecule has 28 heavy (non-hydrogen) atoms. The predicted molar refractivity (Wildman–Crippen MR) is 133 cm³/mol. The number of hydrogen-bond acceptors (Lipinski definition) is 8. The van der Waals surface area contributed by atoms with Gasteiger partial charge < -0.3 is 22.9 Å². The molecule has 12 heteroatoms. The SMILES string of the molecule is C1CN2CCN1CC2.C1CN2CCN1CC2.NC(=S)C(N)=S.NC(=S)C(N)=S. The maximum absolute atomic E-state index is 4.90. The van der Waals surface area contributed by atoms with Crippen molar-refractivity contribution < 1.29 is 0 Å². The van der Waals surface area contributed by atoms with E-state index in [0.29, 0.717) is 0 Å². The number of rotatable bonds is 0. The van der Waals surface area contributed by atoms with Crippen molar-refractivity contribution in [3.8, 4) is 0 Å². The molecule has 6 aliphatic heterocycles. The molecule has 0 atom stereocenters. The average Bonchev–Trinajstić information content (AvgIpc) is 2.72. The molecular weight excluding hydrogens is 433 g/mol. The lowest BCUT2D eigenvalue weighted by Crippen LogP contribution is -2.55. The van der Waals surface area contributed by atoms with Gasteiger partial charge in [0.1, 0.15) is 20.0 Å². The molecule has 0 aromatic carbocycles. The summed E-state index contributed by atoms with van der Waals surface area (Å²) in [6.07, 6.45) is 0. The molecule has 6 aliphatic rings. The lowest BCUT2D eigenvalue weighted by atomic mass is 10.2. The zero-order valence-corrected chi connectivity index (χ0v) is 19.5. The zero-order chi connectivity index (χ0) is 21.1. The summed E-state index contributed by atoms with van der Waals surface area (Å²) >= 11 is 17.3. The van der Waals surface area contributed by atoms with Gasteiger partial charge in [-0.1, -0.05) is 48.9 Å². The third-order valence-electron chi connectivity index (χ3n) is 4.88. The highest BCUT2D eigenvalue weighted by molar-refractivity contribution is 7.89. The van der Waals surface area contributed by atoms with Crippen LogP contribution >= 0.6 is 48.9 Å². The second-order valence-corrected chi connectivity index (χ2v) is 8.58. The Morgan fingerprint density at radius 2 is 0.464 bits per heavy atom. The summed E-state index contributed by atoms with van der Waals surface area (Å²) in [5.41, 5.74) is 19.6. The van der Waals surface area contributed by atoms with Gasteiger partial charge in [-0.2, -0.15) is 0 Å². The van der Waals surface area contributed by atoms with E-state index < -0.39 is 0 Å². The Morgan fingerprint density at radius 3 is 0.500 bits per heavy atom. The zero-order valence-electron chi connectivity index (χ0n) is 16.2. The Bertz CT molecular complexity index is 425. The quantitative estimate of drug-likeness (QED) is 0.308. The highest BCUT2D eigenvalue weighted by Crippen LogP contribution is 2.07. The maximum atomic E-state index is 4.90. The number of piperazine rings is 6. The molecule has 160 valence electrons. The molecule has 0 radical (unpaired) electrons. The minimum atomic E-state index is 0.102. The van der Waals surface area contributed by atoms with E-state index in [1.54, 1.807) is 0 Å². The van der Waals surface area contributed by atoms with Gasteiger partial charge in [0.25, 0.3) is 0 Å². The molecule has 6 saturated heterocycles. The average molecular weight is 465 g/mol. The smallest absolute Gasteiger partial charge is 0.131 e. The van der Waals surface area contributed by atoms with Crippen LogP contribution < -0.4 is 22.9 Å². The topological polar surface area (TPSA) is 117 Å². The lowest BCUT2D eigenvalue weighted by molar-refractivity contribution is 0.0647. The van der Waals surface area contributed by atoms with Crippen LogP contribution in [0.2, 0.25) is 0 Å². The fraction of sp³-hybridized carbons (Fsp3) is 0.750. The van der Waals surface area contributed by atoms with Gasteiger partial charge >= 0.3 is 0 Å². The lowest BCUT2D eigenvalue weighted by Gasteiger charge is -2.41. The largest absolute Gasteiger partial charge is 0.388 e. The van der Waals surface area contributed by atoms with Crippen LogP contribution in [-0.2, 0) is 0 Å². The van der Waals surface area contributed by atoms with E-state index in [9.17, 15) is 0 Å². The van der Waals surface area contributed by atoms with Crippen molar-refractivity contribution in [1.82, 2.24) is 19.6 Å². The Balaban J connectivity index is 0.000000190. The molecule has 6 fully saturated rings. The third kappa shape index (κ3) is 10.8. The van der Waals surface area contributed by atoms with Crippen LogP contribution in [0, 0.1) is 0 Å². The van der Waals surface area contributed by atoms with Gasteiger partial charge in [0.05, 0.1) is 0 Å². The molecule has 0 aromatic heterocycles. The minimum Gasteiger partial charge on any atom is -0.388 e. The van der Waals surface area contributed by atoms with E-state index in [1.165, 1.54) is 78.5 Å². The van der Waals surface area contributed by atoms with Gasteiger partial charge in [-0.15, -0.1) is 0 Å². The van der Waals surface area contributed by atoms with Crippen molar-refractivity contribution in [1.29, 1.82) is 0 Å². The van der Waals surface area contributed by atoms with Gasteiger partial charge in [-0.25, -0.2) is 0 Å². The molecule has 6 heterocycles. The van der Waals surface area contributed by atoms with Gasteiger partial charge in [0.2, 0.25) is 0 Å². The predicted octanol–water partition coefficient (Wildman–Crippen LogP) is -1.65. The molecule has 0 amide bonds. The maximum Gasteiger partial charge on any atom is 0.131 e. The van der Waals surface area contributed by atoms with E-state index in [0.717, 1.165) is 0 Å². The van der Waals surface area contributed by atoms with E-state index in [-0.39, 0.29) is 20.0 Å². The van der Waals surface area contributed by atoms with Gasteiger partial charge in [-0.05, 0) is 0 Å². The van der Waals surface area contributed by atoms with E-state index in [2.05, 4.69) is 68.5 Å². The normalized spacial score (nSPS) is 28.9. The Kier molecular flexibility index (Phi) is 12.3. The first-order valence-electron chi connectivity index (χ1n) is 9.27. The molecule has 0 aromatic rings. The van der Waals surface area contributed by atoms with E-state index in [4.69, 9.17) is 22.9 Å². The van der Waals surface area contributed by atoms with Crippen molar-refractivity contribution in [2.24, 2.45) is 22.9 Å². The minimum absolute atomic E-state index is 0.102. The Morgan fingerprint density at radius 1 is 0.357 bits per heavy atom. The van der Waals surface area contributed by atoms with E-state index >= 15 is 0 Å². The first-order chi connectivity index (χ1) is 13.2. The summed E-state index contributed by atoms with van der Waals surface area (Å²) in [4.78, 5) is 10.6. The molecule has 0 unspecified atom stereocenters. The monoisotopic (exact) mass is 464 g/mol. The van der Waals surface area contributed by atoms with Crippen LogP contribution in [0.4, 0.5) is 0 Å². The number of nitrogens with two attached hydrogens (primary N) is 4. The van der Waals surface area contributed by atoms with Gasteiger partial charge in [-0.3, -0.25) is 19.6 Å². The number of fused-ring (bicyclic) bond motifs is 6. The van der Waals surface area contributed by atoms with Crippen LogP contribution in [-0.4, -0.2) is 118 Å². The van der Waals surface area contributed by atoms with Gasteiger partial charge in [0, 0.05) is 78.5 Å². The second-order valence-electron chi connectivity index (χ2n) is 6.82. The van der Waals surface area contributed by atoms with Gasteiger partial charge in [0.15, 0.2) is 0 Å².